The second-order valence-corrected chi connectivity index (χ2v) is 9.51. The summed E-state index contributed by atoms with van der Waals surface area (Å²) in [5, 5.41) is 9.55. The normalized spacial score (nSPS) is 15.7. The predicted molar refractivity (Wildman–Crippen MR) is 153 cm³/mol. The molecule has 0 unspecified atom stereocenters. The average molecular weight is 480 g/mol. The summed E-state index contributed by atoms with van der Waals surface area (Å²) < 4.78 is 0. The van der Waals surface area contributed by atoms with E-state index in [1.807, 2.05) is 30.3 Å². The Kier molecular flexibility index (Phi) is 6.35. The van der Waals surface area contributed by atoms with Gasteiger partial charge in [0.2, 0.25) is 0 Å². The first-order valence-electron chi connectivity index (χ1n) is 12.9. The van der Waals surface area contributed by atoms with Gasteiger partial charge in [-0.15, -0.1) is 0 Å². The Morgan fingerprint density at radius 2 is 1.24 bits per heavy atom. The predicted octanol–water partition coefficient (Wildman–Crippen LogP) is 9.49. The minimum Gasteiger partial charge on any atom is -0.308 e. The number of hydrogen-bond acceptors (Lipinski definition) is 3. The number of hydrogen-bond donors (Lipinski definition) is 0. The molecule has 180 valence electrons. The first-order valence-corrected chi connectivity index (χ1v) is 12.9. The lowest BCUT2D eigenvalue weighted by molar-refractivity contribution is 0.736. The summed E-state index contributed by atoms with van der Waals surface area (Å²) in [5.41, 5.74) is 11.6. The fraction of sp³-hybridized carbons (Fsp3) is 0.118. The highest BCUT2D eigenvalue weighted by atomic mass is 15.2. The van der Waals surface area contributed by atoms with E-state index in [-0.39, 0.29) is 0 Å². The molecule has 1 aliphatic carbocycles. The van der Waals surface area contributed by atoms with Crippen molar-refractivity contribution in [2.24, 2.45) is 10.2 Å². The molecule has 6 rings (SSSR count). The largest absolute Gasteiger partial charge is 0.308 e. The number of rotatable bonds is 5. The van der Waals surface area contributed by atoms with Gasteiger partial charge < -0.3 is 4.90 Å². The van der Waals surface area contributed by atoms with Crippen LogP contribution in [-0.4, -0.2) is 0 Å². The molecule has 3 heteroatoms. The van der Waals surface area contributed by atoms with Gasteiger partial charge in [-0.3, -0.25) is 0 Å². The molecule has 0 N–H and O–H groups in total. The third kappa shape index (κ3) is 4.68. The number of anilines is 1. The van der Waals surface area contributed by atoms with Crippen molar-refractivity contribution in [3.63, 3.8) is 0 Å². The minimum absolute atomic E-state index is 0.867. The highest BCUT2D eigenvalue weighted by Crippen LogP contribution is 2.47. The molecule has 0 saturated heterocycles. The Hall–Kier alpha value is -4.50. The quantitative estimate of drug-likeness (QED) is 0.262. The Bertz CT molecular complexity index is 1510. The molecular weight excluding hydrogens is 450 g/mol. The Labute approximate surface area is 218 Å². The molecule has 0 amide bonds. The van der Waals surface area contributed by atoms with E-state index < -0.39 is 0 Å². The zero-order valence-corrected chi connectivity index (χ0v) is 21.0. The van der Waals surface area contributed by atoms with E-state index in [9.17, 15) is 0 Å². The Morgan fingerprint density at radius 3 is 1.92 bits per heavy atom. The molecule has 2 aliphatic rings. The van der Waals surface area contributed by atoms with Crippen molar-refractivity contribution in [2.75, 3.05) is 4.90 Å². The maximum Gasteiger partial charge on any atom is 0.0873 e. The topological polar surface area (TPSA) is 28.0 Å². The lowest BCUT2D eigenvalue weighted by Crippen LogP contribution is -2.28. The van der Waals surface area contributed by atoms with Crippen LogP contribution in [0.25, 0.3) is 11.3 Å². The van der Waals surface area contributed by atoms with Crippen molar-refractivity contribution in [1.29, 1.82) is 0 Å². The van der Waals surface area contributed by atoms with E-state index in [4.69, 9.17) is 5.11 Å². The molecule has 0 aromatic heterocycles. The number of allylic oxidation sites excluding steroid dienone is 4. The molecule has 4 aromatic rings. The van der Waals surface area contributed by atoms with Crippen LogP contribution in [0.5, 0.6) is 0 Å². The second-order valence-electron chi connectivity index (χ2n) is 9.51. The van der Waals surface area contributed by atoms with Gasteiger partial charge in [0.25, 0.3) is 0 Å². The second kappa shape index (κ2) is 10.2. The minimum atomic E-state index is 0.867. The third-order valence-electron chi connectivity index (χ3n) is 6.96. The SMILES string of the molecule is Cc1ccc(N2C(c3ccccc3)=CC(c3ccccc3)=C3CCCC(N=Nc4ccccc4)=C32)cc1. The smallest absolute Gasteiger partial charge is 0.0873 e. The molecular formula is C34H29N3. The number of fused-ring (bicyclic) bond motifs is 1. The van der Waals surface area contributed by atoms with Gasteiger partial charge in [-0.2, -0.15) is 10.2 Å². The maximum absolute atomic E-state index is 4.89. The number of azo groups is 1. The summed E-state index contributed by atoms with van der Waals surface area (Å²) in [6.07, 6.45) is 5.31. The average Bonchev–Trinajstić information content (AvgIpc) is 2.97. The lowest BCUT2D eigenvalue weighted by atomic mass is 9.84. The van der Waals surface area contributed by atoms with Gasteiger partial charge in [0, 0.05) is 5.69 Å². The van der Waals surface area contributed by atoms with E-state index in [1.54, 1.807) is 0 Å². The summed E-state index contributed by atoms with van der Waals surface area (Å²) in [7, 11) is 0. The van der Waals surface area contributed by atoms with Gasteiger partial charge in [-0.25, -0.2) is 0 Å². The molecule has 0 atom stereocenters. The van der Waals surface area contributed by atoms with Gasteiger partial charge in [0.15, 0.2) is 0 Å². The van der Waals surface area contributed by atoms with Crippen molar-refractivity contribution >= 4 is 22.6 Å². The summed E-state index contributed by atoms with van der Waals surface area (Å²) >= 11 is 0. The molecule has 1 heterocycles. The van der Waals surface area contributed by atoms with Crippen LogP contribution in [0.2, 0.25) is 0 Å². The van der Waals surface area contributed by atoms with E-state index in [2.05, 4.69) is 108 Å². The molecule has 0 bridgehead atoms. The summed E-state index contributed by atoms with van der Waals surface area (Å²) in [6, 6.07) is 40.2. The van der Waals surface area contributed by atoms with Gasteiger partial charge in [0.1, 0.15) is 0 Å². The molecule has 0 saturated carbocycles. The molecule has 0 radical (unpaired) electrons. The van der Waals surface area contributed by atoms with Gasteiger partial charge in [0.05, 0.1) is 22.8 Å². The fourth-order valence-corrected chi connectivity index (χ4v) is 5.15. The highest BCUT2D eigenvalue weighted by molar-refractivity contribution is 5.98. The van der Waals surface area contributed by atoms with Crippen LogP contribution in [0.4, 0.5) is 11.4 Å². The first kappa shape index (κ1) is 22.9. The third-order valence-corrected chi connectivity index (χ3v) is 6.96. The van der Waals surface area contributed by atoms with Crippen LogP contribution >= 0.6 is 0 Å². The fourth-order valence-electron chi connectivity index (χ4n) is 5.15. The van der Waals surface area contributed by atoms with Gasteiger partial charge in [-0.05, 0) is 78.8 Å². The van der Waals surface area contributed by atoms with Crippen LogP contribution in [0.1, 0.15) is 36.0 Å². The van der Waals surface area contributed by atoms with Crippen molar-refractivity contribution in [2.45, 2.75) is 26.2 Å². The summed E-state index contributed by atoms with van der Waals surface area (Å²) in [6.45, 7) is 2.13. The van der Waals surface area contributed by atoms with Crippen LogP contribution < -0.4 is 4.90 Å². The Morgan fingerprint density at radius 1 is 0.622 bits per heavy atom. The maximum atomic E-state index is 4.89. The monoisotopic (exact) mass is 479 g/mol. The summed E-state index contributed by atoms with van der Waals surface area (Å²) in [5.74, 6) is 0. The van der Waals surface area contributed by atoms with Gasteiger partial charge in [-0.1, -0.05) is 96.6 Å². The van der Waals surface area contributed by atoms with Crippen LogP contribution in [0.3, 0.4) is 0 Å². The number of benzene rings is 4. The van der Waals surface area contributed by atoms with E-state index in [0.717, 1.165) is 47.7 Å². The molecule has 0 spiro atoms. The molecule has 1 aliphatic heterocycles. The van der Waals surface area contributed by atoms with Crippen molar-refractivity contribution in [3.05, 3.63) is 155 Å². The van der Waals surface area contributed by atoms with E-state index in [0.29, 0.717) is 0 Å². The van der Waals surface area contributed by atoms with E-state index >= 15 is 0 Å². The lowest BCUT2D eigenvalue weighted by Gasteiger charge is -2.39. The van der Waals surface area contributed by atoms with Crippen LogP contribution in [-0.2, 0) is 0 Å². The van der Waals surface area contributed by atoms with E-state index in [1.165, 1.54) is 27.8 Å². The van der Waals surface area contributed by atoms with Crippen molar-refractivity contribution < 1.29 is 0 Å². The highest BCUT2D eigenvalue weighted by Gasteiger charge is 2.33. The zero-order valence-electron chi connectivity index (χ0n) is 21.0. The molecule has 37 heavy (non-hydrogen) atoms. The molecule has 3 nitrogen and oxygen atoms in total. The standard InChI is InChI=1S/C34H29N3/c1-25-20-22-29(23-21-25)37-33(27-14-7-3-8-15-27)24-31(26-12-5-2-6-13-26)30-18-11-19-32(34(30)37)36-35-28-16-9-4-10-17-28/h2-10,12-17,20-24H,11,18-19H2,1H3. The Balaban J connectivity index is 1.62. The molecule has 4 aromatic carbocycles. The van der Waals surface area contributed by atoms with Crippen molar-refractivity contribution in [3.8, 4) is 0 Å². The summed E-state index contributed by atoms with van der Waals surface area (Å²) in [4.78, 5) is 2.40. The van der Waals surface area contributed by atoms with Gasteiger partial charge >= 0.3 is 0 Å². The van der Waals surface area contributed by atoms with Crippen LogP contribution in [0.15, 0.2) is 149 Å². The van der Waals surface area contributed by atoms with Crippen LogP contribution in [0, 0.1) is 6.92 Å². The first-order chi connectivity index (χ1) is 18.3. The van der Waals surface area contributed by atoms with Crippen molar-refractivity contribution in [1.82, 2.24) is 0 Å². The molecule has 0 fully saturated rings. The number of nitrogens with zero attached hydrogens (tertiary/aromatic N) is 3. The zero-order chi connectivity index (χ0) is 25.0. The number of aryl methyl sites for hydroxylation is 1.